The lowest BCUT2D eigenvalue weighted by atomic mass is 10.1. The van der Waals surface area contributed by atoms with Gasteiger partial charge in [-0.3, -0.25) is 0 Å². The van der Waals surface area contributed by atoms with Gasteiger partial charge in [0.1, 0.15) is 0 Å². The van der Waals surface area contributed by atoms with Gasteiger partial charge in [-0.25, -0.2) is 0 Å². The molecule has 0 unspecified atom stereocenters. The summed E-state index contributed by atoms with van der Waals surface area (Å²) in [5, 5.41) is 0. The van der Waals surface area contributed by atoms with Gasteiger partial charge in [-0.15, -0.1) is 0 Å². The first-order valence-corrected chi connectivity index (χ1v) is 6.18. The van der Waals surface area contributed by atoms with Gasteiger partial charge in [0.2, 0.25) is 0 Å². The van der Waals surface area contributed by atoms with E-state index in [4.69, 9.17) is 0 Å². The predicted molar refractivity (Wildman–Crippen MR) is 66.6 cm³/mol. The second kappa shape index (κ2) is 12.5. The summed E-state index contributed by atoms with van der Waals surface area (Å²) in [5.41, 5.74) is 0. The van der Waals surface area contributed by atoms with Crippen LogP contribution in [0.2, 0.25) is 0 Å². The van der Waals surface area contributed by atoms with Crippen molar-refractivity contribution in [1.29, 1.82) is 0 Å². The zero-order chi connectivity index (χ0) is 10.5. The van der Waals surface area contributed by atoms with E-state index in [2.05, 4.69) is 38.2 Å². The fraction of sp³-hybridized carbons (Fsp3) is 0.714. The highest BCUT2D eigenvalue weighted by Gasteiger charge is 1.87. The molecule has 0 nitrogen and oxygen atoms in total. The second-order valence-electron chi connectivity index (χ2n) is 3.83. The van der Waals surface area contributed by atoms with Crippen LogP contribution in [0, 0.1) is 0 Å². The van der Waals surface area contributed by atoms with Gasteiger partial charge >= 0.3 is 0 Å². The highest BCUT2D eigenvalue weighted by molar-refractivity contribution is 4.91. The molecule has 0 rings (SSSR count). The van der Waals surface area contributed by atoms with Gasteiger partial charge in [0.15, 0.2) is 0 Å². The van der Waals surface area contributed by atoms with Crippen LogP contribution >= 0.6 is 0 Å². The van der Waals surface area contributed by atoms with Crippen LogP contribution in [0.15, 0.2) is 24.3 Å². The van der Waals surface area contributed by atoms with Crippen LogP contribution < -0.4 is 0 Å². The average molecular weight is 194 g/mol. The van der Waals surface area contributed by atoms with Crippen molar-refractivity contribution in [1.82, 2.24) is 0 Å². The molecule has 0 aliphatic heterocycles. The molecule has 0 aromatic rings. The molecule has 0 aliphatic carbocycles. The largest absolute Gasteiger partial charge is 0.0914 e. The van der Waals surface area contributed by atoms with Crippen molar-refractivity contribution in [3.63, 3.8) is 0 Å². The van der Waals surface area contributed by atoms with E-state index in [1.54, 1.807) is 0 Å². The first-order chi connectivity index (χ1) is 6.91. The van der Waals surface area contributed by atoms with Crippen LogP contribution in [0.25, 0.3) is 0 Å². The Hall–Kier alpha value is -0.520. The molecule has 82 valence electrons. The Morgan fingerprint density at radius 3 is 2.21 bits per heavy atom. The summed E-state index contributed by atoms with van der Waals surface area (Å²) >= 11 is 0. The maximum absolute atomic E-state index is 2.32. The van der Waals surface area contributed by atoms with Gasteiger partial charge in [0.25, 0.3) is 0 Å². The highest BCUT2D eigenvalue weighted by atomic mass is 13.9. The SMILES string of the molecule is C/C=C/C/C=C/CCCCCCCC. The number of hydrogen-bond acceptors (Lipinski definition) is 0. The van der Waals surface area contributed by atoms with Crippen LogP contribution in [0.5, 0.6) is 0 Å². The van der Waals surface area contributed by atoms with Crippen molar-refractivity contribution in [2.75, 3.05) is 0 Å². The molecule has 0 fully saturated rings. The van der Waals surface area contributed by atoms with E-state index in [-0.39, 0.29) is 0 Å². The van der Waals surface area contributed by atoms with Gasteiger partial charge in [0, 0.05) is 0 Å². The molecule has 0 saturated heterocycles. The molecule has 0 saturated carbocycles. The van der Waals surface area contributed by atoms with Gasteiger partial charge in [-0.2, -0.15) is 0 Å². The van der Waals surface area contributed by atoms with Crippen molar-refractivity contribution < 1.29 is 0 Å². The van der Waals surface area contributed by atoms with E-state index in [1.807, 2.05) is 0 Å². The van der Waals surface area contributed by atoms with Crippen LogP contribution in [-0.4, -0.2) is 0 Å². The standard InChI is InChI=1S/C14H26/c1-3-5-7-9-11-13-14-12-10-8-6-4-2/h3,5,9,11H,4,6-8,10,12-14H2,1-2H3/b5-3+,11-9+. The molecule has 0 heteroatoms. The molecule has 14 heavy (non-hydrogen) atoms. The molecule has 0 radical (unpaired) electrons. The lowest BCUT2D eigenvalue weighted by molar-refractivity contribution is 0.611. The van der Waals surface area contributed by atoms with Crippen molar-refractivity contribution in [2.45, 2.75) is 65.2 Å². The van der Waals surface area contributed by atoms with Crippen LogP contribution in [-0.2, 0) is 0 Å². The summed E-state index contributed by atoms with van der Waals surface area (Å²) in [6.07, 6.45) is 19.7. The topological polar surface area (TPSA) is 0 Å². The fourth-order valence-corrected chi connectivity index (χ4v) is 1.47. The van der Waals surface area contributed by atoms with Crippen LogP contribution in [0.1, 0.15) is 65.2 Å². The maximum Gasteiger partial charge on any atom is -0.0169 e. The maximum atomic E-state index is 2.32. The molecule has 0 bridgehead atoms. The molecule has 0 N–H and O–H groups in total. The van der Waals surface area contributed by atoms with Crippen LogP contribution in [0.4, 0.5) is 0 Å². The zero-order valence-corrected chi connectivity index (χ0v) is 9.97. The van der Waals surface area contributed by atoms with Crippen molar-refractivity contribution in [3.05, 3.63) is 24.3 Å². The van der Waals surface area contributed by atoms with E-state index in [0.29, 0.717) is 0 Å². The summed E-state index contributed by atoms with van der Waals surface area (Å²) in [6, 6.07) is 0. The van der Waals surface area contributed by atoms with E-state index in [9.17, 15) is 0 Å². The van der Waals surface area contributed by atoms with Gasteiger partial charge < -0.3 is 0 Å². The Kier molecular flexibility index (Phi) is 12.0. The normalized spacial score (nSPS) is 11.9. The molecule has 0 aromatic carbocycles. The molecule has 0 atom stereocenters. The van der Waals surface area contributed by atoms with E-state index in [0.717, 1.165) is 6.42 Å². The van der Waals surface area contributed by atoms with Gasteiger partial charge in [-0.1, -0.05) is 63.3 Å². The minimum atomic E-state index is 1.10. The summed E-state index contributed by atoms with van der Waals surface area (Å²) in [7, 11) is 0. The molecular formula is C14H26. The van der Waals surface area contributed by atoms with E-state index < -0.39 is 0 Å². The van der Waals surface area contributed by atoms with E-state index >= 15 is 0 Å². The first-order valence-electron chi connectivity index (χ1n) is 6.18. The number of unbranched alkanes of at least 4 members (excludes halogenated alkanes) is 6. The predicted octanol–water partition coefficient (Wildman–Crippen LogP) is 5.26. The summed E-state index contributed by atoms with van der Waals surface area (Å²) in [6.45, 7) is 4.34. The highest BCUT2D eigenvalue weighted by Crippen LogP contribution is 2.07. The summed E-state index contributed by atoms with van der Waals surface area (Å²) < 4.78 is 0. The first kappa shape index (κ1) is 13.5. The molecule has 0 aliphatic rings. The number of allylic oxidation sites excluding steroid dienone is 4. The Morgan fingerprint density at radius 1 is 0.786 bits per heavy atom. The minimum absolute atomic E-state index is 1.10. The Balaban J connectivity index is 3.01. The van der Waals surface area contributed by atoms with Crippen molar-refractivity contribution >= 4 is 0 Å². The minimum Gasteiger partial charge on any atom is -0.0914 e. The number of hydrogen-bond donors (Lipinski definition) is 0. The molecular weight excluding hydrogens is 168 g/mol. The Labute approximate surface area is 90.1 Å². The lowest BCUT2D eigenvalue weighted by Crippen LogP contribution is -1.77. The third-order valence-electron chi connectivity index (χ3n) is 2.40. The third kappa shape index (κ3) is 11.5. The lowest BCUT2D eigenvalue weighted by Gasteiger charge is -1.97. The summed E-state index contributed by atoms with van der Waals surface area (Å²) in [4.78, 5) is 0. The second-order valence-corrected chi connectivity index (χ2v) is 3.83. The Morgan fingerprint density at radius 2 is 1.50 bits per heavy atom. The van der Waals surface area contributed by atoms with E-state index in [1.165, 1.54) is 44.9 Å². The number of rotatable bonds is 9. The van der Waals surface area contributed by atoms with Crippen molar-refractivity contribution in [2.24, 2.45) is 0 Å². The van der Waals surface area contributed by atoms with Crippen LogP contribution in [0.3, 0.4) is 0 Å². The molecule has 0 amide bonds. The van der Waals surface area contributed by atoms with Crippen molar-refractivity contribution in [3.8, 4) is 0 Å². The average Bonchev–Trinajstić information content (AvgIpc) is 2.21. The fourth-order valence-electron chi connectivity index (χ4n) is 1.47. The Bertz CT molecular complexity index is 142. The summed E-state index contributed by atoms with van der Waals surface area (Å²) in [5.74, 6) is 0. The quantitative estimate of drug-likeness (QED) is 0.347. The monoisotopic (exact) mass is 194 g/mol. The third-order valence-corrected chi connectivity index (χ3v) is 2.40. The van der Waals surface area contributed by atoms with Gasteiger partial charge in [-0.05, 0) is 26.2 Å². The molecule has 0 spiro atoms. The zero-order valence-electron chi connectivity index (χ0n) is 9.97. The smallest absolute Gasteiger partial charge is 0.0169 e. The molecule has 0 aromatic heterocycles. The van der Waals surface area contributed by atoms with Gasteiger partial charge in [0.05, 0.1) is 0 Å². The molecule has 0 heterocycles.